The summed E-state index contributed by atoms with van der Waals surface area (Å²) < 4.78 is 34.1. The summed E-state index contributed by atoms with van der Waals surface area (Å²) >= 11 is 13.5. The molecule has 190 valence electrons. The lowest BCUT2D eigenvalue weighted by molar-refractivity contribution is -0.143. The number of carboxylic acids is 1. The van der Waals surface area contributed by atoms with E-state index in [0.29, 0.717) is 28.0 Å². The van der Waals surface area contributed by atoms with E-state index in [1.54, 1.807) is 31.4 Å². The van der Waals surface area contributed by atoms with Crippen molar-refractivity contribution >= 4 is 51.0 Å². The fourth-order valence-electron chi connectivity index (χ4n) is 4.28. The average Bonchev–Trinajstić information content (AvgIpc) is 2.88. The molecule has 6 nitrogen and oxygen atoms in total. The zero-order valence-electron chi connectivity index (χ0n) is 19.4. The van der Waals surface area contributed by atoms with Crippen molar-refractivity contribution in [1.29, 1.82) is 0 Å². The maximum absolute atomic E-state index is 13.7. The van der Waals surface area contributed by atoms with Crippen molar-refractivity contribution in [2.75, 3.05) is 13.7 Å². The van der Waals surface area contributed by atoms with E-state index < -0.39 is 28.0 Å². The van der Waals surface area contributed by atoms with Crippen LogP contribution in [-0.2, 0) is 20.6 Å². The van der Waals surface area contributed by atoms with Crippen LogP contribution >= 0.6 is 35.0 Å². The molecule has 0 aromatic heterocycles. The number of rotatable bonds is 8. The summed E-state index contributed by atoms with van der Waals surface area (Å²) in [5.74, 6) is -0.657. The van der Waals surface area contributed by atoms with Crippen molar-refractivity contribution < 1.29 is 23.1 Å². The number of ether oxygens (including phenoxy) is 1. The minimum atomic E-state index is -4.00. The molecule has 36 heavy (non-hydrogen) atoms. The van der Waals surface area contributed by atoms with Crippen molar-refractivity contribution in [3.05, 3.63) is 94.0 Å². The minimum Gasteiger partial charge on any atom is -0.497 e. The second-order valence-electron chi connectivity index (χ2n) is 8.47. The number of hydrogen-bond donors (Lipinski definition) is 1. The van der Waals surface area contributed by atoms with Crippen molar-refractivity contribution in [2.45, 2.75) is 28.4 Å². The van der Waals surface area contributed by atoms with E-state index in [0.717, 1.165) is 11.1 Å². The van der Waals surface area contributed by atoms with E-state index in [4.69, 9.17) is 27.9 Å². The zero-order chi connectivity index (χ0) is 25.9. The van der Waals surface area contributed by atoms with Crippen LogP contribution in [0.2, 0.25) is 10.0 Å². The molecule has 1 saturated heterocycles. The van der Waals surface area contributed by atoms with E-state index in [1.807, 2.05) is 24.3 Å². The number of piperidine rings is 1. The topological polar surface area (TPSA) is 83.9 Å². The quantitative estimate of drug-likeness (QED) is 0.353. The Labute approximate surface area is 225 Å². The van der Waals surface area contributed by atoms with Gasteiger partial charge in [-0.05, 0) is 66.1 Å². The van der Waals surface area contributed by atoms with Gasteiger partial charge in [0, 0.05) is 27.6 Å². The van der Waals surface area contributed by atoms with Gasteiger partial charge in [-0.2, -0.15) is 16.1 Å². The highest BCUT2D eigenvalue weighted by molar-refractivity contribution is 7.99. The summed E-state index contributed by atoms with van der Waals surface area (Å²) in [6, 6.07) is 20.0. The Morgan fingerprint density at radius 3 is 2.14 bits per heavy atom. The van der Waals surface area contributed by atoms with Crippen LogP contribution in [0.5, 0.6) is 5.75 Å². The molecule has 0 unspecified atom stereocenters. The van der Waals surface area contributed by atoms with Gasteiger partial charge in [-0.15, -0.1) is 0 Å². The molecule has 1 heterocycles. The Morgan fingerprint density at radius 2 is 1.58 bits per heavy atom. The molecule has 4 rings (SSSR count). The fraction of sp³-hybridized carbons (Fsp3) is 0.269. The third-order valence-electron chi connectivity index (χ3n) is 6.24. The normalized spacial score (nSPS) is 20.7. The molecule has 0 aliphatic carbocycles. The first-order valence-corrected chi connectivity index (χ1v) is 14.4. The molecule has 0 saturated carbocycles. The zero-order valence-corrected chi connectivity index (χ0v) is 22.5. The second-order valence-corrected chi connectivity index (χ2v) is 12.5. The van der Waals surface area contributed by atoms with E-state index in [1.165, 1.54) is 40.3 Å². The number of aliphatic carboxylic acids is 1. The molecule has 1 N–H and O–H groups in total. The number of thioether (sulfide) groups is 1. The maximum atomic E-state index is 13.7. The lowest BCUT2D eigenvalue weighted by atomic mass is 9.90. The number of hydrogen-bond acceptors (Lipinski definition) is 5. The van der Waals surface area contributed by atoms with Crippen molar-refractivity contribution in [1.82, 2.24) is 4.31 Å². The van der Waals surface area contributed by atoms with E-state index in [9.17, 15) is 18.3 Å². The van der Waals surface area contributed by atoms with E-state index in [-0.39, 0.29) is 16.7 Å². The van der Waals surface area contributed by atoms with Crippen molar-refractivity contribution in [3.8, 4) is 5.75 Å². The molecule has 10 heteroatoms. The van der Waals surface area contributed by atoms with Gasteiger partial charge in [0.15, 0.2) is 0 Å². The Balaban J connectivity index is 1.69. The largest absolute Gasteiger partial charge is 0.497 e. The number of nitrogens with zero attached hydrogens (tertiary/aromatic N) is 1. The van der Waals surface area contributed by atoms with Crippen LogP contribution in [0.1, 0.15) is 23.6 Å². The fourth-order valence-corrected chi connectivity index (χ4v) is 7.54. The maximum Gasteiger partial charge on any atom is 0.308 e. The second kappa shape index (κ2) is 11.4. The average molecular weight is 567 g/mol. The smallest absolute Gasteiger partial charge is 0.308 e. The predicted molar refractivity (Wildman–Crippen MR) is 143 cm³/mol. The molecule has 3 aromatic rings. The first kappa shape index (κ1) is 26.8. The van der Waals surface area contributed by atoms with Crippen LogP contribution in [0.3, 0.4) is 0 Å². The van der Waals surface area contributed by atoms with Crippen molar-refractivity contribution in [3.63, 3.8) is 0 Å². The van der Waals surface area contributed by atoms with Crippen LogP contribution in [-0.4, -0.2) is 42.7 Å². The van der Waals surface area contributed by atoms with Crippen LogP contribution in [0.4, 0.5) is 0 Å². The predicted octanol–water partition coefficient (Wildman–Crippen LogP) is 6.14. The number of methoxy groups -OCH3 is 1. The third kappa shape index (κ3) is 6.01. The Hall–Kier alpha value is -2.23. The van der Waals surface area contributed by atoms with Gasteiger partial charge >= 0.3 is 5.97 Å². The van der Waals surface area contributed by atoms with Crippen LogP contribution in [0, 0.1) is 5.92 Å². The molecule has 1 aliphatic rings. The van der Waals surface area contributed by atoms with Gasteiger partial charge in [0.1, 0.15) is 5.75 Å². The lowest BCUT2D eigenvalue weighted by Crippen LogP contribution is -2.49. The van der Waals surface area contributed by atoms with Gasteiger partial charge in [-0.3, -0.25) is 4.79 Å². The molecule has 1 aliphatic heterocycles. The molecule has 3 atom stereocenters. The standard InChI is InChI=1S/C26H25Cl2NO5S2/c1-34-21-10-4-18(5-11-21)24-14-25(35-16-17-2-6-19(27)7-3-17)23(26(30)31)15-29(24)36(32,33)22-12-8-20(28)9-13-22/h2-13,23-25H,14-16H2,1H3,(H,30,31)/t23-,24+,25-/m1/s1. The van der Waals surface area contributed by atoms with Gasteiger partial charge in [0.05, 0.1) is 24.0 Å². The molecular weight excluding hydrogens is 541 g/mol. The molecule has 0 spiro atoms. The Bertz CT molecular complexity index is 1300. The van der Waals surface area contributed by atoms with Gasteiger partial charge in [0.2, 0.25) is 10.0 Å². The summed E-state index contributed by atoms with van der Waals surface area (Å²) in [4.78, 5) is 12.4. The van der Waals surface area contributed by atoms with Crippen LogP contribution in [0.25, 0.3) is 0 Å². The Morgan fingerprint density at radius 1 is 1.00 bits per heavy atom. The van der Waals surface area contributed by atoms with Crippen LogP contribution < -0.4 is 4.74 Å². The highest BCUT2D eigenvalue weighted by Gasteiger charge is 2.45. The van der Waals surface area contributed by atoms with Crippen LogP contribution in [0.15, 0.2) is 77.7 Å². The number of carbonyl (C=O) groups is 1. The highest BCUT2D eigenvalue weighted by atomic mass is 35.5. The van der Waals surface area contributed by atoms with E-state index >= 15 is 0 Å². The Kier molecular flexibility index (Phi) is 8.52. The molecule has 3 aromatic carbocycles. The third-order valence-corrected chi connectivity index (χ3v) is 10.1. The number of halogens is 2. The summed E-state index contributed by atoms with van der Waals surface area (Å²) in [5, 5.41) is 10.8. The van der Waals surface area contributed by atoms with Gasteiger partial charge in [-0.25, -0.2) is 8.42 Å². The summed E-state index contributed by atoms with van der Waals surface area (Å²) in [5.41, 5.74) is 1.79. The highest BCUT2D eigenvalue weighted by Crippen LogP contribution is 2.43. The lowest BCUT2D eigenvalue weighted by Gasteiger charge is -2.41. The van der Waals surface area contributed by atoms with Gasteiger partial charge in [0.25, 0.3) is 0 Å². The van der Waals surface area contributed by atoms with Gasteiger partial charge < -0.3 is 9.84 Å². The molecule has 1 fully saturated rings. The number of carboxylic acid groups (broad SMARTS) is 1. The summed E-state index contributed by atoms with van der Waals surface area (Å²) in [6.45, 7) is -0.144. The minimum absolute atomic E-state index is 0.0711. The first-order valence-electron chi connectivity index (χ1n) is 11.2. The van der Waals surface area contributed by atoms with Crippen molar-refractivity contribution in [2.24, 2.45) is 5.92 Å². The van der Waals surface area contributed by atoms with Gasteiger partial charge in [-0.1, -0.05) is 47.5 Å². The van der Waals surface area contributed by atoms with E-state index in [2.05, 4.69) is 0 Å². The summed E-state index contributed by atoms with van der Waals surface area (Å²) in [6.07, 6.45) is 0.342. The summed E-state index contributed by atoms with van der Waals surface area (Å²) in [7, 11) is -2.43. The SMILES string of the molecule is COc1ccc([C@@H]2C[C@@H](SCc3ccc(Cl)cc3)[C@H](C(=O)O)CN2S(=O)(=O)c2ccc(Cl)cc2)cc1. The molecule has 0 bridgehead atoms. The molecule has 0 radical (unpaired) electrons. The molecular formula is C26H25Cl2NO5S2. The number of benzene rings is 3. The number of sulfonamides is 1. The molecule has 0 amide bonds. The first-order chi connectivity index (χ1) is 17.2. The monoisotopic (exact) mass is 565 g/mol.